The zero-order valence-electron chi connectivity index (χ0n) is 12.8. The number of piperazine rings is 1. The van der Waals surface area contributed by atoms with E-state index in [1.807, 2.05) is 54.6 Å². The van der Waals surface area contributed by atoms with Gasteiger partial charge in [0.25, 0.3) is 0 Å². The number of nitriles is 1. The molecule has 0 aliphatic carbocycles. The molecule has 2 amide bonds. The van der Waals surface area contributed by atoms with Crippen LogP contribution in [0.5, 0.6) is 0 Å². The molecule has 5 heteroatoms. The van der Waals surface area contributed by atoms with E-state index in [-0.39, 0.29) is 6.03 Å². The van der Waals surface area contributed by atoms with Crippen molar-refractivity contribution in [2.75, 3.05) is 36.4 Å². The standard InChI is InChI=1S/C18H18N4O/c19-14-15-6-4-5-9-17(15)21-10-12-22(13-11-21)18(23)20-16-7-2-1-3-8-16/h1-9H,10-13H2,(H,20,23). The Kier molecular flexibility index (Phi) is 4.44. The number of anilines is 2. The molecule has 1 heterocycles. The van der Waals surface area contributed by atoms with E-state index in [0.717, 1.165) is 24.5 Å². The van der Waals surface area contributed by atoms with E-state index < -0.39 is 0 Å². The monoisotopic (exact) mass is 306 g/mol. The number of carbonyl (C=O) groups excluding carboxylic acids is 1. The highest BCUT2D eigenvalue weighted by Gasteiger charge is 2.22. The summed E-state index contributed by atoms with van der Waals surface area (Å²) in [6, 6.07) is 19.2. The van der Waals surface area contributed by atoms with Gasteiger partial charge in [0.2, 0.25) is 0 Å². The fraction of sp³-hybridized carbons (Fsp3) is 0.222. The van der Waals surface area contributed by atoms with Gasteiger partial charge >= 0.3 is 6.03 Å². The number of nitrogens with one attached hydrogen (secondary N) is 1. The highest BCUT2D eigenvalue weighted by Crippen LogP contribution is 2.21. The van der Waals surface area contributed by atoms with Gasteiger partial charge in [0.15, 0.2) is 0 Å². The fourth-order valence-electron chi connectivity index (χ4n) is 2.72. The van der Waals surface area contributed by atoms with Gasteiger partial charge in [-0.1, -0.05) is 30.3 Å². The molecule has 116 valence electrons. The number of amides is 2. The SMILES string of the molecule is N#Cc1ccccc1N1CCN(C(=O)Nc2ccccc2)CC1. The van der Waals surface area contributed by atoms with Gasteiger partial charge in [-0.25, -0.2) is 4.79 Å². The minimum absolute atomic E-state index is 0.0792. The highest BCUT2D eigenvalue weighted by atomic mass is 16.2. The Bertz CT molecular complexity index is 715. The van der Waals surface area contributed by atoms with Crippen LogP contribution in [0.3, 0.4) is 0 Å². The van der Waals surface area contributed by atoms with Gasteiger partial charge < -0.3 is 15.1 Å². The second-order valence-corrected chi connectivity index (χ2v) is 5.40. The highest BCUT2D eigenvalue weighted by molar-refractivity contribution is 5.89. The average Bonchev–Trinajstić information content (AvgIpc) is 2.62. The van der Waals surface area contributed by atoms with Crippen molar-refractivity contribution in [1.82, 2.24) is 4.90 Å². The summed E-state index contributed by atoms with van der Waals surface area (Å²) < 4.78 is 0. The van der Waals surface area contributed by atoms with Crippen molar-refractivity contribution in [3.63, 3.8) is 0 Å². The second kappa shape index (κ2) is 6.84. The van der Waals surface area contributed by atoms with Crippen molar-refractivity contribution in [2.45, 2.75) is 0 Å². The molecular weight excluding hydrogens is 288 g/mol. The van der Waals surface area contributed by atoms with Crippen LogP contribution in [-0.2, 0) is 0 Å². The van der Waals surface area contributed by atoms with Crippen LogP contribution in [0.4, 0.5) is 16.2 Å². The number of hydrogen-bond acceptors (Lipinski definition) is 3. The van der Waals surface area contributed by atoms with Crippen molar-refractivity contribution in [3.8, 4) is 6.07 Å². The van der Waals surface area contributed by atoms with Gasteiger partial charge in [-0.15, -0.1) is 0 Å². The number of urea groups is 1. The lowest BCUT2D eigenvalue weighted by molar-refractivity contribution is 0.208. The Morgan fingerprint density at radius 1 is 0.957 bits per heavy atom. The molecule has 1 fully saturated rings. The lowest BCUT2D eigenvalue weighted by Gasteiger charge is -2.36. The molecule has 2 aromatic carbocycles. The van der Waals surface area contributed by atoms with Crippen LogP contribution in [0.2, 0.25) is 0 Å². The first kappa shape index (κ1) is 14.9. The van der Waals surface area contributed by atoms with Crippen LogP contribution in [0.15, 0.2) is 54.6 Å². The lowest BCUT2D eigenvalue weighted by Crippen LogP contribution is -2.50. The van der Waals surface area contributed by atoms with E-state index in [2.05, 4.69) is 16.3 Å². The molecule has 0 spiro atoms. The molecule has 0 bridgehead atoms. The topological polar surface area (TPSA) is 59.4 Å². The quantitative estimate of drug-likeness (QED) is 0.928. The lowest BCUT2D eigenvalue weighted by atomic mass is 10.1. The average molecular weight is 306 g/mol. The largest absolute Gasteiger partial charge is 0.367 e. The Morgan fingerprint density at radius 3 is 2.30 bits per heavy atom. The summed E-state index contributed by atoms with van der Waals surface area (Å²) in [4.78, 5) is 16.2. The first-order valence-corrected chi connectivity index (χ1v) is 7.63. The van der Waals surface area contributed by atoms with Gasteiger partial charge in [-0.05, 0) is 24.3 Å². The maximum atomic E-state index is 12.3. The third-order valence-electron chi connectivity index (χ3n) is 3.96. The molecule has 1 aliphatic rings. The summed E-state index contributed by atoms with van der Waals surface area (Å²) in [5.41, 5.74) is 2.42. The summed E-state index contributed by atoms with van der Waals surface area (Å²) in [7, 11) is 0. The van der Waals surface area contributed by atoms with E-state index in [1.165, 1.54) is 0 Å². The van der Waals surface area contributed by atoms with E-state index in [9.17, 15) is 10.1 Å². The summed E-state index contributed by atoms with van der Waals surface area (Å²) in [6.07, 6.45) is 0. The third-order valence-corrected chi connectivity index (χ3v) is 3.96. The molecule has 0 radical (unpaired) electrons. The summed E-state index contributed by atoms with van der Waals surface area (Å²) >= 11 is 0. The molecular formula is C18H18N4O. The number of nitrogens with zero attached hydrogens (tertiary/aromatic N) is 3. The molecule has 2 aromatic rings. The van der Waals surface area contributed by atoms with Crippen LogP contribution in [0.1, 0.15) is 5.56 Å². The van der Waals surface area contributed by atoms with Crippen molar-refractivity contribution < 1.29 is 4.79 Å². The fourth-order valence-corrected chi connectivity index (χ4v) is 2.72. The summed E-state index contributed by atoms with van der Waals surface area (Å²) in [5, 5.41) is 12.1. The molecule has 0 aromatic heterocycles. The zero-order chi connectivity index (χ0) is 16.1. The number of carbonyl (C=O) groups is 1. The Balaban J connectivity index is 1.60. The molecule has 0 unspecified atom stereocenters. The maximum absolute atomic E-state index is 12.3. The third kappa shape index (κ3) is 3.43. The smallest absolute Gasteiger partial charge is 0.321 e. The van der Waals surface area contributed by atoms with E-state index >= 15 is 0 Å². The molecule has 1 N–H and O–H groups in total. The van der Waals surface area contributed by atoms with Gasteiger partial charge in [-0.2, -0.15) is 5.26 Å². The molecule has 1 saturated heterocycles. The number of para-hydroxylation sites is 2. The predicted octanol–water partition coefficient (Wildman–Crippen LogP) is 2.91. The van der Waals surface area contributed by atoms with Crippen LogP contribution < -0.4 is 10.2 Å². The number of benzene rings is 2. The molecule has 1 aliphatic heterocycles. The molecule has 0 saturated carbocycles. The van der Waals surface area contributed by atoms with Gasteiger partial charge in [0, 0.05) is 31.9 Å². The first-order valence-electron chi connectivity index (χ1n) is 7.63. The molecule has 23 heavy (non-hydrogen) atoms. The first-order chi connectivity index (χ1) is 11.3. The van der Waals surface area contributed by atoms with Crippen molar-refractivity contribution >= 4 is 17.4 Å². The van der Waals surface area contributed by atoms with Crippen LogP contribution in [0.25, 0.3) is 0 Å². The molecule has 0 atom stereocenters. The van der Waals surface area contributed by atoms with Gasteiger partial charge in [-0.3, -0.25) is 0 Å². The maximum Gasteiger partial charge on any atom is 0.321 e. The van der Waals surface area contributed by atoms with Gasteiger partial charge in [0.05, 0.1) is 11.3 Å². The molecule has 3 rings (SSSR count). The Labute approximate surface area is 135 Å². The Hall–Kier alpha value is -3.00. The van der Waals surface area contributed by atoms with Crippen LogP contribution in [0, 0.1) is 11.3 Å². The minimum atomic E-state index is -0.0792. The van der Waals surface area contributed by atoms with Crippen LogP contribution >= 0.6 is 0 Å². The van der Waals surface area contributed by atoms with Crippen LogP contribution in [-0.4, -0.2) is 37.1 Å². The van der Waals surface area contributed by atoms with E-state index in [1.54, 1.807) is 4.90 Å². The van der Waals surface area contributed by atoms with E-state index in [0.29, 0.717) is 18.7 Å². The molecule has 5 nitrogen and oxygen atoms in total. The summed E-state index contributed by atoms with van der Waals surface area (Å²) in [6.45, 7) is 2.72. The van der Waals surface area contributed by atoms with E-state index in [4.69, 9.17) is 0 Å². The zero-order valence-corrected chi connectivity index (χ0v) is 12.8. The number of rotatable bonds is 2. The van der Waals surface area contributed by atoms with Gasteiger partial charge in [0.1, 0.15) is 6.07 Å². The second-order valence-electron chi connectivity index (χ2n) is 5.40. The predicted molar refractivity (Wildman–Crippen MR) is 90.4 cm³/mol. The van der Waals surface area contributed by atoms with Crippen molar-refractivity contribution in [3.05, 3.63) is 60.2 Å². The number of hydrogen-bond donors (Lipinski definition) is 1. The summed E-state index contributed by atoms with van der Waals surface area (Å²) in [5.74, 6) is 0. The Morgan fingerprint density at radius 2 is 1.61 bits per heavy atom. The van der Waals surface area contributed by atoms with Crippen molar-refractivity contribution in [2.24, 2.45) is 0 Å². The minimum Gasteiger partial charge on any atom is -0.367 e. The normalized spacial score (nSPS) is 14.2. The van der Waals surface area contributed by atoms with Crippen molar-refractivity contribution in [1.29, 1.82) is 5.26 Å².